The van der Waals surface area contributed by atoms with Crippen LogP contribution in [0.1, 0.15) is 21.5 Å². The van der Waals surface area contributed by atoms with Crippen molar-refractivity contribution in [3.63, 3.8) is 0 Å². The van der Waals surface area contributed by atoms with Crippen molar-refractivity contribution in [1.29, 1.82) is 0 Å². The molecule has 3 rings (SSSR count). The molecule has 0 aliphatic carbocycles. The maximum absolute atomic E-state index is 12.5. The van der Waals surface area contributed by atoms with E-state index in [1.165, 1.54) is 0 Å². The molecule has 0 bridgehead atoms. The highest BCUT2D eigenvalue weighted by molar-refractivity contribution is 14.1. The molecule has 0 aromatic heterocycles. The van der Waals surface area contributed by atoms with Gasteiger partial charge < -0.3 is 4.74 Å². The Morgan fingerprint density at radius 1 is 1.07 bits per heavy atom. The first-order valence-electron chi connectivity index (χ1n) is 8.27. The van der Waals surface area contributed by atoms with Gasteiger partial charge in [-0.3, -0.25) is 4.79 Å². The van der Waals surface area contributed by atoms with Gasteiger partial charge in [-0.1, -0.05) is 53.5 Å². The van der Waals surface area contributed by atoms with Crippen molar-refractivity contribution in [2.45, 2.75) is 6.61 Å². The van der Waals surface area contributed by atoms with Crippen LogP contribution in [0.4, 0.5) is 0 Å². The van der Waals surface area contributed by atoms with Crippen LogP contribution < -0.4 is 10.2 Å². The summed E-state index contributed by atoms with van der Waals surface area (Å²) in [5, 5.41) is 5.09. The molecule has 0 spiro atoms. The van der Waals surface area contributed by atoms with Gasteiger partial charge in [0.2, 0.25) is 0 Å². The van der Waals surface area contributed by atoms with Crippen LogP contribution in [0, 0.1) is 3.57 Å². The van der Waals surface area contributed by atoms with E-state index in [1.807, 2.05) is 24.3 Å². The van der Waals surface area contributed by atoms with E-state index < -0.39 is 0 Å². The molecule has 1 amide bonds. The Morgan fingerprint density at radius 3 is 2.68 bits per heavy atom. The molecule has 0 aliphatic heterocycles. The number of hydrogen-bond acceptors (Lipinski definition) is 3. The Balaban J connectivity index is 1.68. The predicted octanol–water partition coefficient (Wildman–Crippen LogP) is 5.94. The molecule has 0 fully saturated rings. The lowest BCUT2D eigenvalue weighted by molar-refractivity contribution is 0.0950. The van der Waals surface area contributed by atoms with Crippen molar-refractivity contribution in [1.82, 2.24) is 5.43 Å². The lowest BCUT2D eigenvalue weighted by atomic mass is 10.2. The number of benzene rings is 3. The molecule has 28 heavy (non-hydrogen) atoms. The van der Waals surface area contributed by atoms with Crippen molar-refractivity contribution < 1.29 is 9.53 Å². The Morgan fingerprint density at radius 2 is 1.89 bits per heavy atom. The lowest BCUT2D eigenvalue weighted by Gasteiger charge is -2.11. The van der Waals surface area contributed by atoms with E-state index >= 15 is 0 Å². The van der Waals surface area contributed by atoms with Gasteiger partial charge in [-0.15, -0.1) is 0 Å². The van der Waals surface area contributed by atoms with Gasteiger partial charge in [0.05, 0.1) is 11.8 Å². The summed E-state index contributed by atoms with van der Waals surface area (Å²) in [6, 6.07) is 19.9. The quantitative estimate of drug-likeness (QED) is 0.246. The molecule has 0 aliphatic rings. The second-order valence-electron chi connectivity index (χ2n) is 5.77. The summed E-state index contributed by atoms with van der Waals surface area (Å²) in [5.41, 5.74) is 4.58. The first kappa shape index (κ1) is 20.6. The normalized spacial score (nSPS) is 10.8. The van der Waals surface area contributed by atoms with Crippen LogP contribution >= 0.6 is 45.8 Å². The third-order valence-electron chi connectivity index (χ3n) is 3.76. The Hall–Kier alpha value is -2.09. The molecule has 4 nitrogen and oxygen atoms in total. The summed E-state index contributed by atoms with van der Waals surface area (Å²) in [5.74, 6) is 0.0788. The number of hydrazone groups is 1. The van der Waals surface area contributed by atoms with E-state index in [4.69, 9.17) is 27.9 Å². The largest absolute Gasteiger partial charge is 0.488 e. The highest BCUT2D eigenvalue weighted by Gasteiger charge is 2.12. The van der Waals surface area contributed by atoms with Crippen molar-refractivity contribution >= 4 is 57.9 Å². The summed E-state index contributed by atoms with van der Waals surface area (Å²) in [4.78, 5) is 12.5. The van der Waals surface area contributed by atoms with E-state index in [0.29, 0.717) is 21.4 Å². The molecular weight excluding hydrogens is 510 g/mol. The van der Waals surface area contributed by atoms with E-state index in [0.717, 1.165) is 14.7 Å². The number of ether oxygens (including phenoxy) is 1. The van der Waals surface area contributed by atoms with Crippen LogP contribution in [-0.2, 0) is 6.61 Å². The molecule has 142 valence electrons. The van der Waals surface area contributed by atoms with Crippen LogP contribution in [0.2, 0.25) is 10.0 Å². The molecule has 0 atom stereocenters. The third-order valence-corrected chi connectivity index (χ3v) is 5.02. The molecule has 7 heteroatoms. The Bertz CT molecular complexity index is 1020. The fourth-order valence-electron chi connectivity index (χ4n) is 2.39. The van der Waals surface area contributed by atoms with Crippen LogP contribution in [0.3, 0.4) is 0 Å². The second-order valence-corrected chi connectivity index (χ2v) is 7.86. The molecule has 0 unspecified atom stereocenters. The minimum atomic E-state index is -0.361. The summed E-state index contributed by atoms with van der Waals surface area (Å²) in [6.07, 6.45) is 1.59. The number of amides is 1. The number of para-hydroxylation sites is 1. The molecule has 3 aromatic carbocycles. The first-order chi connectivity index (χ1) is 13.5. The molecule has 0 heterocycles. The zero-order chi connectivity index (χ0) is 19.9. The number of halogens is 3. The van der Waals surface area contributed by atoms with Gasteiger partial charge in [0.1, 0.15) is 12.4 Å². The van der Waals surface area contributed by atoms with Gasteiger partial charge in [-0.05, 0) is 64.6 Å². The minimum absolute atomic E-state index is 0.214. The number of carbonyl (C=O) groups excluding carboxylic acids is 1. The predicted molar refractivity (Wildman–Crippen MR) is 121 cm³/mol. The summed E-state index contributed by atoms with van der Waals surface area (Å²) in [7, 11) is 0. The molecule has 1 N–H and O–H groups in total. The highest BCUT2D eigenvalue weighted by atomic mass is 127. The second kappa shape index (κ2) is 9.91. The van der Waals surface area contributed by atoms with E-state index in [2.05, 4.69) is 33.1 Å². The van der Waals surface area contributed by atoms with Crippen molar-refractivity contribution in [3.05, 3.63) is 97.0 Å². The van der Waals surface area contributed by atoms with Gasteiger partial charge in [0.15, 0.2) is 0 Å². The van der Waals surface area contributed by atoms with Gasteiger partial charge in [0.25, 0.3) is 5.91 Å². The summed E-state index contributed by atoms with van der Waals surface area (Å²) >= 11 is 14.3. The van der Waals surface area contributed by atoms with Crippen LogP contribution in [0.15, 0.2) is 71.8 Å². The van der Waals surface area contributed by atoms with E-state index in [1.54, 1.807) is 48.7 Å². The topological polar surface area (TPSA) is 50.7 Å². The fraction of sp³-hybridized carbons (Fsp3) is 0.0476. The van der Waals surface area contributed by atoms with Crippen LogP contribution in [-0.4, -0.2) is 12.1 Å². The van der Waals surface area contributed by atoms with Gasteiger partial charge >= 0.3 is 0 Å². The number of hydrogen-bond donors (Lipinski definition) is 1. The number of nitrogens with one attached hydrogen (secondary N) is 1. The molecular formula is C21H15Cl2IN2O2. The van der Waals surface area contributed by atoms with Crippen LogP contribution in [0.5, 0.6) is 5.75 Å². The smallest absolute Gasteiger partial charge is 0.275 e. The molecule has 0 saturated heterocycles. The molecule has 0 saturated carbocycles. The van der Waals surface area contributed by atoms with Gasteiger partial charge in [0, 0.05) is 19.2 Å². The highest BCUT2D eigenvalue weighted by Crippen LogP contribution is 2.24. The SMILES string of the molecule is O=C(N/N=C/c1cccc(I)c1)c1ccccc1OCc1ccc(Cl)cc1Cl. The zero-order valence-electron chi connectivity index (χ0n) is 14.5. The fourth-order valence-corrected chi connectivity index (χ4v) is 3.42. The number of rotatable bonds is 6. The van der Waals surface area contributed by atoms with Crippen LogP contribution in [0.25, 0.3) is 0 Å². The van der Waals surface area contributed by atoms with E-state index in [9.17, 15) is 4.79 Å². The van der Waals surface area contributed by atoms with Crippen molar-refractivity contribution in [3.8, 4) is 5.75 Å². The first-order valence-corrected chi connectivity index (χ1v) is 10.1. The lowest BCUT2D eigenvalue weighted by Crippen LogP contribution is -2.18. The van der Waals surface area contributed by atoms with Crippen molar-refractivity contribution in [2.24, 2.45) is 5.10 Å². The maximum Gasteiger partial charge on any atom is 0.275 e. The average molecular weight is 525 g/mol. The average Bonchev–Trinajstić information content (AvgIpc) is 2.67. The summed E-state index contributed by atoms with van der Waals surface area (Å²) in [6.45, 7) is 0.214. The maximum atomic E-state index is 12.5. The monoisotopic (exact) mass is 524 g/mol. The van der Waals surface area contributed by atoms with Crippen molar-refractivity contribution in [2.75, 3.05) is 0 Å². The molecule has 3 aromatic rings. The number of carbonyl (C=O) groups is 1. The molecule has 0 radical (unpaired) electrons. The minimum Gasteiger partial charge on any atom is -0.488 e. The number of nitrogens with zero attached hydrogens (tertiary/aromatic N) is 1. The van der Waals surface area contributed by atoms with Gasteiger partial charge in [-0.25, -0.2) is 5.43 Å². The zero-order valence-corrected chi connectivity index (χ0v) is 18.2. The Labute approximate surface area is 186 Å². The summed E-state index contributed by atoms with van der Waals surface area (Å²) < 4.78 is 6.89. The Kier molecular flexibility index (Phi) is 7.30. The van der Waals surface area contributed by atoms with E-state index in [-0.39, 0.29) is 12.5 Å². The third kappa shape index (κ3) is 5.70. The van der Waals surface area contributed by atoms with Gasteiger partial charge in [-0.2, -0.15) is 5.10 Å². The standard InChI is InChI=1S/C21H15Cl2IN2O2/c22-16-9-8-15(19(23)11-16)13-28-20-7-2-1-6-18(20)21(27)26-25-12-14-4-3-5-17(24)10-14/h1-12H,13H2,(H,26,27)/b25-12+.